The minimum absolute atomic E-state index is 0.0888. The van der Waals surface area contributed by atoms with Gasteiger partial charge in [0.1, 0.15) is 17.0 Å². The monoisotopic (exact) mass is 319 g/mol. The molecule has 0 aliphatic rings. The van der Waals surface area contributed by atoms with Crippen LogP contribution in [0.15, 0.2) is 42.6 Å². The van der Waals surface area contributed by atoms with Crippen LogP contribution in [0.2, 0.25) is 5.02 Å². The van der Waals surface area contributed by atoms with Crippen LogP contribution in [0.3, 0.4) is 0 Å². The van der Waals surface area contributed by atoms with E-state index in [4.69, 9.17) is 16.3 Å². The Kier molecular flexibility index (Phi) is 3.73. The molecule has 3 rings (SSSR count). The molecular weight excluding hydrogens is 312 g/mol. The molecule has 1 heterocycles. The minimum Gasteiger partial charge on any atom is -0.455 e. The number of fused-ring (bicyclic) bond motifs is 1. The molecule has 3 aromatic rings. The van der Waals surface area contributed by atoms with Crippen LogP contribution in [0.1, 0.15) is 10.4 Å². The number of pyridine rings is 1. The van der Waals surface area contributed by atoms with Crippen molar-refractivity contribution in [1.29, 1.82) is 0 Å². The molecule has 1 aromatic heterocycles. The lowest BCUT2D eigenvalue weighted by Crippen LogP contribution is -1.94. The van der Waals surface area contributed by atoms with E-state index in [2.05, 4.69) is 4.98 Å². The molecule has 2 aromatic carbocycles. The summed E-state index contributed by atoms with van der Waals surface area (Å²) in [5.41, 5.74) is 0.114. The Morgan fingerprint density at radius 2 is 2.00 bits per heavy atom. The van der Waals surface area contributed by atoms with Crippen LogP contribution in [-0.2, 0) is 0 Å². The third-order valence-corrected chi connectivity index (χ3v) is 3.41. The predicted molar refractivity (Wildman–Crippen MR) is 78.6 cm³/mol. The molecule has 0 fully saturated rings. The molecule has 0 N–H and O–H groups in total. The third kappa shape index (κ3) is 2.51. The molecule has 0 saturated heterocycles. The number of rotatable bonds is 3. The first-order chi connectivity index (χ1) is 10.6. The molecule has 0 saturated carbocycles. The van der Waals surface area contributed by atoms with Crippen molar-refractivity contribution in [2.45, 2.75) is 0 Å². The Hall–Kier alpha value is -2.53. The average Bonchev–Trinajstić information content (AvgIpc) is 2.51. The third-order valence-electron chi connectivity index (χ3n) is 3.08. The van der Waals surface area contributed by atoms with E-state index in [1.54, 1.807) is 18.2 Å². The maximum Gasteiger partial charge on any atom is 0.184 e. The predicted octanol–water partition coefficient (Wildman–Crippen LogP) is 4.77. The van der Waals surface area contributed by atoms with E-state index in [1.165, 1.54) is 18.3 Å². The highest BCUT2D eigenvalue weighted by atomic mass is 35.5. The van der Waals surface area contributed by atoms with Gasteiger partial charge >= 0.3 is 0 Å². The van der Waals surface area contributed by atoms with Gasteiger partial charge in [0.05, 0.1) is 16.8 Å². The number of nitrogens with zero attached hydrogens (tertiary/aromatic N) is 1. The van der Waals surface area contributed by atoms with Crippen molar-refractivity contribution in [3.8, 4) is 11.5 Å². The zero-order chi connectivity index (χ0) is 15.7. The second kappa shape index (κ2) is 5.69. The zero-order valence-electron chi connectivity index (χ0n) is 11.0. The highest BCUT2D eigenvalue weighted by molar-refractivity contribution is 6.33. The summed E-state index contributed by atoms with van der Waals surface area (Å²) in [6.07, 6.45) is 1.83. The highest BCUT2D eigenvalue weighted by Gasteiger charge is 2.11. The summed E-state index contributed by atoms with van der Waals surface area (Å²) in [6, 6.07) is 8.68. The van der Waals surface area contributed by atoms with E-state index >= 15 is 0 Å². The van der Waals surface area contributed by atoms with Crippen LogP contribution in [0.4, 0.5) is 8.78 Å². The van der Waals surface area contributed by atoms with Crippen molar-refractivity contribution in [2.24, 2.45) is 0 Å². The fourth-order valence-electron chi connectivity index (χ4n) is 2.02. The van der Waals surface area contributed by atoms with Crippen molar-refractivity contribution >= 4 is 28.8 Å². The van der Waals surface area contributed by atoms with Crippen LogP contribution in [0, 0.1) is 11.6 Å². The normalized spacial score (nSPS) is 10.7. The largest absolute Gasteiger partial charge is 0.455 e. The van der Waals surface area contributed by atoms with Crippen LogP contribution >= 0.6 is 11.6 Å². The fraction of sp³-hybridized carbons (Fsp3) is 0. The zero-order valence-corrected chi connectivity index (χ0v) is 11.8. The van der Waals surface area contributed by atoms with Gasteiger partial charge in [0.15, 0.2) is 17.9 Å². The number of ether oxygens (including phenoxy) is 1. The first kappa shape index (κ1) is 14.4. The highest BCUT2D eigenvalue weighted by Crippen LogP contribution is 2.30. The lowest BCUT2D eigenvalue weighted by atomic mass is 10.2. The Balaban J connectivity index is 2.04. The number of hydrogen-bond acceptors (Lipinski definition) is 3. The van der Waals surface area contributed by atoms with Gasteiger partial charge in [0.25, 0.3) is 0 Å². The number of aromatic nitrogens is 1. The second-order valence-corrected chi connectivity index (χ2v) is 4.88. The molecule has 22 heavy (non-hydrogen) atoms. The van der Waals surface area contributed by atoms with Crippen LogP contribution in [0.5, 0.6) is 11.5 Å². The van der Waals surface area contributed by atoms with Gasteiger partial charge in [-0.3, -0.25) is 4.79 Å². The summed E-state index contributed by atoms with van der Waals surface area (Å²) in [4.78, 5) is 14.9. The molecule has 0 amide bonds. The summed E-state index contributed by atoms with van der Waals surface area (Å²) in [5, 5.41) is 0.639. The van der Waals surface area contributed by atoms with E-state index in [1.807, 2.05) is 0 Å². The first-order valence-corrected chi connectivity index (χ1v) is 6.63. The molecule has 0 bridgehead atoms. The summed E-state index contributed by atoms with van der Waals surface area (Å²) < 4.78 is 32.3. The molecule has 0 spiro atoms. The van der Waals surface area contributed by atoms with Crippen LogP contribution in [-0.4, -0.2) is 11.3 Å². The van der Waals surface area contributed by atoms with E-state index in [0.29, 0.717) is 11.7 Å². The second-order valence-electron chi connectivity index (χ2n) is 4.48. The lowest BCUT2D eigenvalue weighted by Gasteiger charge is -2.09. The fourth-order valence-corrected chi connectivity index (χ4v) is 2.24. The minimum atomic E-state index is -1.01. The van der Waals surface area contributed by atoms with Crippen molar-refractivity contribution in [3.05, 3.63) is 64.8 Å². The van der Waals surface area contributed by atoms with Gasteiger partial charge in [0, 0.05) is 5.39 Å². The Morgan fingerprint density at radius 1 is 1.18 bits per heavy atom. The lowest BCUT2D eigenvalue weighted by molar-refractivity contribution is 0.112. The van der Waals surface area contributed by atoms with Crippen molar-refractivity contribution in [3.63, 3.8) is 0 Å². The molecule has 3 nitrogen and oxygen atoms in total. The number of benzene rings is 2. The number of hydrogen-bond donors (Lipinski definition) is 0. The number of aldehydes is 1. The number of halogens is 3. The molecule has 0 radical (unpaired) electrons. The van der Waals surface area contributed by atoms with Gasteiger partial charge in [-0.25, -0.2) is 13.8 Å². The molecular formula is C16H8ClF2NO2. The van der Waals surface area contributed by atoms with Crippen LogP contribution < -0.4 is 4.74 Å². The Morgan fingerprint density at radius 3 is 2.77 bits per heavy atom. The maximum absolute atomic E-state index is 13.6. The summed E-state index contributed by atoms with van der Waals surface area (Å²) in [6.45, 7) is 0. The topological polar surface area (TPSA) is 39.2 Å². The molecule has 0 aliphatic heterocycles. The van der Waals surface area contributed by atoms with Gasteiger partial charge in [-0.15, -0.1) is 0 Å². The smallest absolute Gasteiger partial charge is 0.184 e. The van der Waals surface area contributed by atoms with Gasteiger partial charge in [-0.1, -0.05) is 17.7 Å². The molecule has 0 aliphatic carbocycles. The Labute approximate surface area is 129 Å². The average molecular weight is 320 g/mol. The van der Waals surface area contributed by atoms with E-state index in [-0.39, 0.29) is 27.6 Å². The molecule has 0 unspecified atom stereocenters. The van der Waals surface area contributed by atoms with E-state index in [9.17, 15) is 13.6 Å². The van der Waals surface area contributed by atoms with Crippen molar-refractivity contribution in [1.82, 2.24) is 4.98 Å². The molecule has 0 atom stereocenters. The standard InChI is InChI=1S/C16H8ClF2NO2/c17-12-2-1-3-14(11(12)8-21)22-10-6-9-4-5-13(18)15(19)16(9)20-7-10/h1-8H. The van der Waals surface area contributed by atoms with Crippen molar-refractivity contribution in [2.75, 3.05) is 0 Å². The Bertz CT molecular complexity index is 883. The summed E-state index contributed by atoms with van der Waals surface area (Å²) >= 11 is 5.91. The first-order valence-electron chi connectivity index (χ1n) is 6.25. The number of carbonyl (C=O) groups is 1. The number of carbonyl (C=O) groups excluding carboxylic acids is 1. The quantitative estimate of drug-likeness (QED) is 0.653. The molecule has 6 heteroatoms. The summed E-state index contributed by atoms with van der Waals surface area (Å²) in [7, 11) is 0. The van der Waals surface area contributed by atoms with Gasteiger partial charge in [0.2, 0.25) is 0 Å². The van der Waals surface area contributed by atoms with E-state index in [0.717, 1.165) is 6.07 Å². The molecule has 110 valence electrons. The SMILES string of the molecule is O=Cc1c(Cl)cccc1Oc1cnc2c(F)c(F)ccc2c1. The van der Waals surface area contributed by atoms with E-state index < -0.39 is 11.6 Å². The van der Waals surface area contributed by atoms with Crippen LogP contribution in [0.25, 0.3) is 10.9 Å². The van der Waals surface area contributed by atoms with Gasteiger partial charge < -0.3 is 4.74 Å². The van der Waals surface area contributed by atoms with Crippen molar-refractivity contribution < 1.29 is 18.3 Å². The maximum atomic E-state index is 13.6. The summed E-state index contributed by atoms with van der Waals surface area (Å²) in [5.74, 6) is -1.44. The van der Waals surface area contributed by atoms with Gasteiger partial charge in [-0.2, -0.15) is 0 Å². The van der Waals surface area contributed by atoms with Gasteiger partial charge in [-0.05, 0) is 30.3 Å².